The summed E-state index contributed by atoms with van der Waals surface area (Å²) < 4.78 is 23.8. The maximum atomic E-state index is 11.9. The number of benzene rings is 1. The summed E-state index contributed by atoms with van der Waals surface area (Å²) in [5, 5.41) is -1.00. The van der Waals surface area contributed by atoms with Crippen LogP contribution in [0.1, 0.15) is 6.92 Å². The molecule has 0 radical (unpaired) electrons. The van der Waals surface area contributed by atoms with Crippen molar-refractivity contribution in [2.75, 3.05) is 5.73 Å². The van der Waals surface area contributed by atoms with Crippen molar-refractivity contribution in [1.82, 2.24) is 0 Å². The number of nitrogen functional groups attached to an aromatic ring is 1. The van der Waals surface area contributed by atoms with E-state index in [1.807, 2.05) is 0 Å². The predicted molar refractivity (Wildman–Crippen MR) is 61.7 cm³/mol. The quantitative estimate of drug-likeness (QED) is 0.777. The summed E-state index contributed by atoms with van der Waals surface area (Å²) in [6.07, 6.45) is 0. The minimum absolute atomic E-state index is 0.000556. The number of rotatable bonds is 3. The van der Waals surface area contributed by atoms with E-state index < -0.39 is 21.0 Å². The van der Waals surface area contributed by atoms with Crippen molar-refractivity contribution < 1.29 is 13.2 Å². The monoisotopic (exact) mass is 262 g/mol. The van der Waals surface area contributed by atoms with Gasteiger partial charge in [-0.25, -0.2) is 8.42 Å². The minimum Gasteiger partial charge on any atom is -0.398 e. The number of anilines is 1. The first kappa shape index (κ1) is 12.8. The Hall–Kier alpha value is -1.27. The van der Waals surface area contributed by atoms with E-state index in [0.717, 1.165) is 0 Å². The van der Waals surface area contributed by atoms with Crippen LogP contribution in [0, 0.1) is 0 Å². The average Bonchev–Trinajstić information content (AvgIpc) is 2.15. The molecular weight excluding hydrogens is 252 g/mol. The van der Waals surface area contributed by atoms with E-state index >= 15 is 0 Å². The third-order valence-corrected chi connectivity index (χ3v) is 4.53. The van der Waals surface area contributed by atoms with Crippen molar-refractivity contribution in [3.05, 3.63) is 23.2 Å². The maximum absolute atomic E-state index is 11.9. The zero-order chi connectivity index (χ0) is 12.5. The van der Waals surface area contributed by atoms with Crippen LogP contribution in [0.4, 0.5) is 5.69 Å². The summed E-state index contributed by atoms with van der Waals surface area (Å²) in [5.74, 6) is -0.922. The Labute approximate surface area is 98.3 Å². The topological polar surface area (TPSA) is 103 Å². The lowest BCUT2D eigenvalue weighted by Gasteiger charge is -2.11. The molecule has 0 fully saturated rings. The maximum Gasteiger partial charge on any atom is 0.235 e. The van der Waals surface area contributed by atoms with E-state index in [9.17, 15) is 13.2 Å². The van der Waals surface area contributed by atoms with Crippen molar-refractivity contribution >= 4 is 33.0 Å². The zero-order valence-corrected chi connectivity index (χ0v) is 10.0. The highest BCUT2D eigenvalue weighted by atomic mass is 35.5. The molecular formula is C9H11ClN2O3S. The average molecular weight is 263 g/mol. The number of carbonyl (C=O) groups is 1. The van der Waals surface area contributed by atoms with Crippen LogP contribution in [0.5, 0.6) is 0 Å². The second-order valence-electron chi connectivity index (χ2n) is 3.27. The highest BCUT2D eigenvalue weighted by Gasteiger charge is 2.29. The molecule has 0 saturated heterocycles. The lowest BCUT2D eigenvalue weighted by atomic mass is 10.3. The second kappa shape index (κ2) is 4.31. The first-order chi connectivity index (χ1) is 7.26. The number of hydrogen-bond donors (Lipinski definition) is 2. The SMILES string of the molecule is CC(C(N)=O)S(=O)(=O)c1ccc(Cl)cc1N. The number of halogens is 1. The number of primary amides is 1. The van der Waals surface area contributed by atoms with E-state index in [0.29, 0.717) is 5.02 Å². The summed E-state index contributed by atoms with van der Waals surface area (Å²) in [6.45, 7) is 1.21. The molecule has 16 heavy (non-hydrogen) atoms. The lowest BCUT2D eigenvalue weighted by molar-refractivity contribution is -0.117. The molecule has 0 saturated carbocycles. The molecule has 0 spiro atoms. The van der Waals surface area contributed by atoms with Gasteiger partial charge < -0.3 is 11.5 Å². The molecule has 1 unspecified atom stereocenters. The van der Waals surface area contributed by atoms with Crippen LogP contribution in [-0.4, -0.2) is 19.6 Å². The van der Waals surface area contributed by atoms with Crippen LogP contribution in [0.15, 0.2) is 23.1 Å². The van der Waals surface area contributed by atoms with E-state index in [1.165, 1.54) is 25.1 Å². The van der Waals surface area contributed by atoms with Gasteiger partial charge in [0.05, 0.1) is 10.6 Å². The Bertz CT molecular complexity index is 528. The number of carbonyl (C=O) groups excluding carboxylic acids is 1. The third-order valence-electron chi connectivity index (χ3n) is 2.14. The fourth-order valence-corrected chi connectivity index (χ4v) is 2.63. The van der Waals surface area contributed by atoms with Gasteiger partial charge >= 0.3 is 0 Å². The van der Waals surface area contributed by atoms with Gasteiger partial charge in [-0.3, -0.25) is 4.79 Å². The summed E-state index contributed by atoms with van der Waals surface area (Å²) in [7, 11) is -3.84. The van der Waals surface area contributed by atoms with Crippen LogP contribution in [0.25, 0.3) is 0 Å². The van der Waals surface area contributed by atoms with E-state index in [2.05, 4.69) is 0 Å². The molecule has 5 nitrogen and oxygen atoms in total. The molecule has 1 atom stereocenters. The largest absolute Gasteiger partial charge is 0.398 e. The Morgan fingerprint density at radius 2 is 2.00 bits per heavy atom. The molecule has 4 N–H and O–H groups in total. The molecule has 0 aliphatic carbocycles. The fourth-order valence-electron chi connectivity index (χ4n) is 1.12. The van der Waals surface area contributed by atoms with Gasteiger partial charge in [0.15, 0.2) is 9.84 Å². The number of hydrogen-bond acceptors (Lipinski definition) is 4. The molecule has 0 bridgehead atoms. The minimum atomic E-state index is -3.84. The Morgan fingerprint density at radius 3 is 2.44 bits per heavy atom. The first-order valence-corrected chi connectivity index (χ1v) is 6.27. The van der Waals surface area contributed by atoms with Crippen LogP contribution in [0.3, 0.4) is 0 Å². The zero-order valence-electron chi connectivity index (χ0n) is 8.48. The Morgan fingerprint density at radius 1 is 1.44 bits per heavy atom. The van der Waals surface area contributed by atoms with Gasteiger partial charge in [-0.2, -0.15) is 0 Å². The van der Waals surface area contributed by atoms with Crippen molar-refractivity contribution in [3.8, 4) is 0 Å². The van der Waals surface area contributed by atoms with Crippen LogP contribution < -0.4 is 11.5 Å². The van der Waals surface area contributed by atoms with Gasteiger partial charge in [0.25, 0.3) is 0 Å². The standard InChI is InChI=1S/C9H11ClN2O3S/c1-5(9(12)13)16(14,15)8-3-2-6(10)4-7(8)11/h2-5H,11H2,1H3,(H2,12,13). The first-order valence-electron chi connectivity index (χ1n) is 4.35. The van der Waals surface area contributed by atoms with Crippen LogP contribution >= 0.6 is 11.6 Å². The molecule has 0 aromatic heterocycles. The van der Waals surface area contributed by atoms with Crippen LogP contribution in [-0.2, 0) is 14.6 Å². The molecule has 1 rings (SSSR count). The van der Waals surface area contributed by atoms with Gasteiger partial charge in [0, 0.05) is 5.02 Å². The Kier molecular flexibility index (Phi) is 3.44. The highest BCUT2D eigenvalue weighted by Crippen LogP contribution is 2.25. The summed E-state index contributed by atoms with van der Waals surface area (Å²) in [4.78, 5) is 10.7. The van der Waals surface area contributed by atoms with E-state index in [4.69, 9.17) is 23.1 Å². The summed E-state index contributed by atoms with van der Waals surface area (Å²) in [5.41, 5.74) is 10.5. The van der Waals surface area contributed by atoms with E-state index in [-0.39, 0.29) is 10.6 Å². The van der Waals surface area contributed by atoms with Crippen molar-refractivity contribution in [1.29, 1.82) is 0 Å². The van der Waals surface area contributed by atoms with Crippen LogP contribution in [0.2, 0.25) is 5.02 Å². The molecule has 7 heteroatoms. The van der Waals surface area contributed by atoms with Gasteiger partial charge in [-0.15, -0.1) is 0 Å². The molecule has 1 aromatic rings. The van der Waals surface area contributed by atoms with Gasteiger partial charge in [-0.1, -0.05) is 11.6 Å². The Balaban J connectivity index is 3.33. The number of sulfone groups is 1. The van der Waals surface area contributed by atoms with E-state index in [1.54, 1.807) is 0 Å². The normalized spacial score (nSPS) is 13.4. The fraction of sp³-hybridized carbons (Fsp3) is 0.222. The van der Waals surface area contributed by atoms with Crippen molar-refractivity contribution in [2.24, 2.45) is 5.73 Å². The van der Waals surface area contributed by atoms with Gasteiger partial charge in [0.1, 0.15) is 5.25 Å². The van der Waals surface area contributed by atoms with Gasteiger partial charge in [-0.05, 0) is 25.1 Å². The lowest BCUT2D eigenvalue weighted by Crippen LogP contribution is -2.33. The van der Waals surface area contributed by atoms with Gasteiger partial charge in [0.2, 0.25) is 5.91 Å². The molecule has 1 amide bonds. The number of nitrogens with two attached hydrogens (primary N) is 2. The smallest absolute Gasteiger partial charge is 0.235 e. The second-order valence-corrected chi connectivity index (χ2v) is 5.95. The highest BCUT2D eigenvalue weighted by molar-refractivity contribution is 7.93. The number of amides is 1. The molecule has 0 aliphatic rings. The summed E-state index contributed by atoms with van der Waals surface area (Å²) >= 11 is 5.64. The molecule has 0 aliphatic heterocycles. The molecule has 0 heterocycles. The predicted octanol–water partition coefficient (Wildman–Crippen LogP) is 0.570. The van der Waals surface area contributed by atoms with Crippen molar-refractivity contribution in [3.63, 3.8) is 0 Å². The molecule has 1 aromatic carbocycles. The van der Waals surface area contributed by atoms with Crippen molar-refractivity contribution in [2.45, 2.75) is 17.1 Å². The third kappa shape index (κ3) is 2.28. The molecule has 88 valence electrons. The summed E-state index contributed by atoms with van der Waals surface area (Å²) in [6, 6.07) is 3.95.